The van der Waals surface area contributed by atoms with Gasteiger partial charge in [0.25, 0.3) is 5.91 Å². The fraction of sp³-hybridized carbons (Fsp3) is 0.800. The summed E-state index contributed by atoms with van der Waals surface area (Å²) in [6.45, 7) is 3.80. The Morgan fingerprint density at radius 1 is 1.10 bits per heavy atom. The van der Waals surface area contributed by atoms with E-state index in [0.29, 0.717) is 45.1 Å². The van der Waals surface area contributed by atoms with Crippen LogP contribution in [0.2, 0.25) is 0 Å². The number of hydrogen-bond acceptors (Lipinski definition) is 7. The highest BCUT2D eigenvalue weighted by Crippen LogP contribution is 2.49. The summed E-state index contributed by atoms with van der Waals surface area (Å²) in [6, 6.07) is -1.97. The normalized spacial score (nSPS) is 20.9. The van der Waals surface area contributed by atoms with Crippen LogP contribution in [0.3, 0.4) is 0 Å². The molecule has 5 atom stereocenters. The molecule has 8 N–H and O–H groups in total. The van der Waals surface area contributed by atoms with Gasteiger partial charge in [-0.2, -0.15) is 0 Å². The number of carboxylic acids is 1. The summed E-state index contributed by atoms with van der Waals surface area (Å²) in [4.78, 5) is 62.3. The lowest BCUT2D eigenvalue weighted by atomic mass is 9.84. The molecule has 0 aromatic rings. The van der Waals surface area contributed by atoms with Crippen LogP contribution in [0, 0.1) is 11.3 Å². The Balaban J connectivity index is 2.10. The molecule has 0 aromatic carbocycles. The second-order valence-electron chi connectivity index (χ2n) is 10.5. The number of hydrogen-bond donors (Lipinski definition) is 7. The fourth-order valence-electron chi connectivity index (χ4n) is 4.77. The fourth-order valence-corrected chi connectivity index (χ4v) is 6.26. The number of carbonyl (C=O) groups excluding carboxylic acids is 3. The number of guanidine groups is 1. The largest absolute Gasteiger partial charge is 0.480 e. The second-order valence-corrected chi connectivity index (χ2v) is 12.5. The summed E-state index contributed by atoms with van der Waals surface area (Å²) >= 11 is 0. The average Bonchev–Trinajstić information content (AvgIpc) is 3.33. The van der Waals surface area contributed by atoms with E-state index in [4.69, 9.17) is 15.7 Å². The summed E-state index contributed by atoms with van der Waals surface area (Å²) in [5, 5.41) is 24.7. The van der Waals surface area contributed by atoms with Gasteiger partial charge in [-0.15, -0.1) is 0 Å². The number of aliphatic carboxylic acids is 1. The molecule has 0 bridgehead atoms. The molecule has 1 heterocycles. The number of likely N-dealkylation sites (tertiary alicyclic amines) is 1. The van der Waals surface area contributed by atoms with Gasteiger partial charge in [-0.25, -0.2) is 4.79 Å². The van der Waals surface area contributed by atoms with Crippen LogP contribution in [0.5, 0.6) is 0 Å². The van der Waals surface area contributed by atoms with Gasteiger partial charge >= 0.3 is 13.6 Å². The Morgan fingerprint density at radius 2 is 1.80 bits per heavy atom. The summed E-state index contributed by atoms with van der Waals surface area (Å²) in [7, 11) is -4.60. The van der Waals surface area contributed by atoms with Crippen LogP contribution < -0.4 is 21.7 Å². The van der Waals surface area contributed by atoms with Gasteiger partial charge in [-0.3, -0.25) is 28.9 Å². The van der Waals surface area contributed by atoms with E-state index in [0.717, 1.165) is 24.2 Å². The molecule has 0 spiro atoms. The molecular formula is C25H45N6O8P. The minimum atomic E-state index is -4.60. The number of nitrogens with two attached hydrogens (primary N) is 1. The zero-order valence-electron chi connectivity index (χ0n) is 23.4. The number of carbonyl (C=O) groups is 4. The van der Waals surface area contributed by atoms with Gasteiger partial charge in [-0.1, -0.05) is 26.2 Å². The smallest absolute Gasteiger partial charge is 0.350 e. The molecule has 14 nitrogen and oxygen atoms in total. The molecule has 1 saturated heterocycles. The second kappa shape index (κ2) is 15.9. The Kier molecular flexibility index (Phi) is 13.3. The Hall–Kier alpha value is -2.70. The number of nitrogens with one attached hydrogen (secondary N) is 4. The highest BCUT2D eigenvalue weighted by atomic mass is 31.2. The molecule has 1 saturated carbocycles. The van der Waals surface area contributed by atoms with Gasteiger partial charge in [0, 0.05) is 19.0 Å². The van der Waals surface area contributed by atoms with E-state index in [2.05, 4.69) is 16.0 Å². The third-order valence-corrected chi connectivity index (χ3v) is 9.15. The lowest BCUT2D eigenvalue weighted by molar-refractivity contribution is -0.151. The quantitative estimate of drug-likeness (QED) is 0.0556. The van der Waals surface area contributed by atoms with Crippen LogP contribution in [0.25, 0.3) is 0 Å². The van der Waals surface area contributed by atoms with E-state index < -0.39 is 49.4 Å². The van der Waals surface area contributed by atoms with Crippen molar-refractivity contribution in [3.8, 4) is 0 Å². The maximum atomic E-state index is 13.4. The van der Waals surface area contributed by atoms with Crippen molar-refractivity contribution in [2.75, 3.05) is 13.1 Å². The molecule has 228 valence electrons. The number of amides is 3. The summed E-state index contributed by atoms with van der Waals surface area (Å²) < 4.78 is 18.7. The van der Waals surface area contributed by atoms with E-state index in [1.54, 1.807) is 0 Å². The first kappa shape index (κ1) is 33.5. The number of rotatable bonds is 17. The summed E-state index contributed by atoms with van der Waals surface area (Å²) in [5.74, 6) is -4.37. The van der Waals surface area contributed by atoms with Crippen molar-refractivity contribution < 1.29 is 38.3 Å². The molecule has 2 rings (SSSR count). The van der Waals surface area contributed by atoms with E-state index in [-0.39, 0.29) is 37.2 Å². The van der Waals surface area contributed by atoms with Crippen LogP contribution in [0.1, 0.15) is 84.5 Å². The average molecular weight is 589 g/mol. The third kappa shape index (κ3) is 10.0. The molecule has 0 aromatic heterocycles. The molecule has 0 radical (unpaired) electrons. The zero-order chi connectivity index (χ0) is 29.9. The van der Waals surface area contributed by atoms with Crippen LogP contribution in [0.15, 0.2) is 0 Å². The van der Waals surface area contributed by atoms with Crippen LogP contribution in [0.4, 0.5) is 0 Å². The van der Waals surface area contributed by atoms with Gasteiger partial charge in [0.1, 0.15) is 24.0 Å². The first-order valence-electron chi connectivity index (χ1n) is 14.1. The number of unbranched alkanes of at least 4 members (excludes halogenated alkanes) is 2. The lowest BCUT2D eigenvalue weighted by Gasteiger charge is -2.31. The Morgan fingerprint density at radius 3 is 2.38 bits per heavy atom. The van der Waals surface area contributed by atoms with Crippen LogP contribution >= 0.6 is 7.60 Å². The Labute approximate surface area is 235 Å². The van der Waals surface area contributed by atoms with Crippen molar-refractivity contribution in [3.63, 3.8) is 0 Å². The van der Waals surface area contributed by atoms with Crippen molar-refractivity contribution >= 4 is 37.2 Å². The minimum Gasteiger partial charge on any atom is -0.480 e. The van der Waals surface area contributed by atoms with Crippen molar-refractivity contribution in [2.24, 2.45) is 11.7 Å². The van der Waals surface area contributed by atoms with E-state index >= 15 is 0 Å². The van der Waals surface area contributed by atoms with Crippen LogP contribution in [-0.4, -0.2) is 81.6 Å². The van der Waals surface area contributed by atoms with Crippen LogP contribution in [-0.2, 0) is 28.3 Å². The maximum absolute atomic E-state index is 13.4. The monoisotopic (exact) mass is 588 g/mol. The molecular weight excluding hydrogens is 543 g/mol. The molecule has 1 aliphatic heterocycles. The summed E-state index contributed by atoms with van der Waals surface area (Å²) in [5.41, 5.74) is 5.29. The molecule has 2 aliphatic rings. The molecule has 3 amide bonds. The molecule has 40 heavy (non-hydrogen) atoms. The number of carboxylic acid groups (broad SMARTS) is 1. The standard InChI is InChI=1S/C25H45N6O8P/c1-3-4-13-20(40(37,38)39-16(2)23(34)31-15-8-12-19(31)24(35)36)30-22(33)18(11-5-6-14-28-25(26)27)29-21(32)17-9-7-10-17/h16-20H,3-15H2,1-2H3,(H,29,32)(H,30,33)(H,35,36)(H,37,38)(H4,26,27,28)/t16-,18-,19-,20?/m0/s1. The third-order valence-electron chi connectivity index (χ3n) is 7.36. The SMILES string of the molecule is CCCCC(NC(=O)[C@H](CCCCNC(=N)N)NC(=O)C1CCC1)P(=O)(O)O[C@@H](C)C(=O)N1CCC[C@H]1C(=O)O. The van der Waals surface area contributed by atoms with E-state index in [9.17, 15) is 33.7 Å². The van der Waals surface area contributed by atoms with Gasteiger partial charge < -0.3 is 36.6 Å². The topological polar surface area (TPSA) is 224 Å². The predicted molar refractivity (Wildman–Crippen MR) is 147 cm³/mol. The van der Waals surface area contributed by atoms with Gasteiger partial charge in [0.05, 0.1) is 0 Å². The summed E-state index contributed by atoms with van der Waals surface area (Å²) in [6.07, 6.45) is 4.44. The first-order chi connectivity index (χ1) is 18.9. The number of nitrogens with zero attached hydrogens (tertiary/aromatic N) is 1. The lowest BCUT2D eigenvalue weighted by Crippen LogP contribution is -2.52. The molecule has 2 unspecified atom stereocenters. The molecule has 15 heteroatoms. The minimum absolute atomic E-state index is 0.101. The highest BCUT2D eigenvalue weighted by Gasteiger charge is 2.42. The molecule has 1 aliphatic carbocycles. The highest BCUT2D eigenvalue weighted by molar-refractivity contribution is 7.53. The molecule has 2 fully saturated rings. The predicted octanol–water partition coefficient (Wildman–Crippen LogP) is 1.22. The van der Waals surface area contributed by atoms with E-state index in [1.807, 2.05) is 6.92 Å². The zero-order valence-corrected chi connectivity index (χ0v) is 24.3. The van der Waals surface area contributed by atoms with E-state index in [1.165, 1.54) is 6.92 Å². The van der Waals surface area contributed by atoms with Gasteiger partial charge in [0.15, 0.2) is 5.96 Å². The maximum Gasteiger partial charge on any atom is 0.350 e. The van der Waals surface area contributed by atoms with Crippen molar-refractivity contribution in [1.82, 2.24) is 20.9 Å². The van der Waals surface area contributed by atoms with Crippen molar-refractivity contribution in [3.05, 3.63) is 0 Å². The first-order valence-corrected chi connectivity index (χ1v) is 15.7. The van der Waals surface area contributed by atoms with Crippen molar-refractivity contribution in [1.29, 1.82) is 5.41 Å². The van der Waals surface area contributed by atoms with Crippen molar-refractivity contribution in [2.45, 2.75) is 108 Å². The Bertz CT molecular complexity index is 962. The van der Waals surface area contributed by atoms with Gasteiger partial charge in [-0.05, 0) is 58.3 Å². The van der Waals surface area contributed by atoms with Gasteiger partial charge in [0.2, 0.25) is 11.8 Å².